The molecule has 120 valence electrons. The van der Waals surface area contributed by atoms with E-state index in [4.69, 9.17) is 0 Å². The molecule has 1 N–H and O–H groups in total. The maximum Gasteiger partial charge on any atom is 0.252 e. The number of aryl methyl sites for hydroxylation is 1. The highest BCUT2D eigenvalue weighted by Gasteiger charge is 2.30. The van der Waals surface area contributed by atoms with Crippen molar-refractivity contribution < 1.29 is 13.5 Å². The van der Waals surface area contributed by atoms with E-state index in [9.17, 15) is 13.5 Å². The van der Waals surface area contributed by atoms with Gasteiger partial charge in [-0.15, -0.1) is 11.3 Å². The third kappa shape index (κ3) is 4.26. The third-order valence-corrected chi connectivity index (χ3v) is 7.12. The zero-order valence-corrected chi connectivity index (χ0v) is 14.5. The number of hydrogen-bond acceptors (Lipinski definition) is 5. The van der Waals surface area contributed by atoms with E-state index < -0.39 is 15.6 Å². The number of thiophene rings is 1. The number of β-amino-alcohol motifs (C(OH)–C–C–N with tert-alkyl or cyclic N) is 1. The molecular weight excluding hydrogens is 308 g/mol. The number of sulfonamides is 1. The van der Waals surface area contributed by atoms with Gasteiger partial charge < -0.3 is 5.11 Å². The summed E-state index contributed by atoms with van der Waals surface area (Å²) in [6.07, 6.45) is 0.861. The maximum atomic E-state index is 12.6. The van der Waals surface area contributed by atoms with Gasteiger partial charge in [-0.3, -0.25) is 4.90 Å². The van der Waals surface area contributed by atoms with Crippen LogP contribution in [0.25, 0.3) is 0 Å². The fourth-order valence-electron chi connectivity index (χ4n) is 2.49. The molecule has 0 amide bonds. The molecule has 0 atom stereocenters. The molecule has 1 fully saturated rings. The van der Waals surface area contributed by atoms with Gasteiger partial charge in [0.05, 0.1) is 5.60 Å². The van der Waals surface area contributed by atoms with Gasteiger partial charge in [0.15, 0.2) is 0 Å². The van der Waals surface area contributed by atoms with Crippen LogP contribution >= 0.6 is 11.3 Å². The molecule has 2 rings (SSSR count). The van der Waals surface area contributed by atoms with Crippen LogP contribution in [0.15, 0.2) is 16.3 Å². The van der Waals surface area contributed by atoms with Gasteiger partial charge in [-0.25, -0.2) is 8.42 Å². The molecule has 0 radical (unpaired) electrons. The fraction of sp³-hybridized carbons (Fsp3) is 0.714. The van der Waals surface area contributed by atoms with Crippen molar-refractivity contribution in [2.75, 3.05) is 32.7 Å². The fourth-order valence-corrected chi connectivity index (χ4v) is 5.36. The first-order valence-corrected chi connectivity index (χ1v) is 9.51. The van der Waals surface area contributed by atoms with E-state index >= 15 is 0 Å². The topological polar surface area (TPSA) is 60.9 Å². The summed E-state index contributed by atoms with van der Waals surface area (Å²) in [5.74, 6) is 0. The Hall–Kier alpha value is -0.470. The van der Waals surface area contributed by atoms with Crippen LogP contribution in [0.1, 0.15) is 25.6 Å². The number of nitrogens with zero attached hydrogens (tertiary/aromatic N) is 2. The second-order valence-electron chi connectivity index (χ2n) is 6.07. The maximum absolute atomic E-state index is 12.6. The molecule has 0 spiro atoms. The minimum absolute atomic E-state index is 0.440. The summed E-state index contributed by atoms with van der Waals surface area (Å²) in [4.78, 5) is 3.20. The van der Waals surface area contributed by atoms with Gasteiger partial charge in [0, 0.05) is 37.6 Å². The second-order valence-corrected chi connectivity index (χ2v) is 9.40. The van der Waals surface area contributed by atoms with E-state index in [1.54, 1.807) is 24.2 Å². The SMILES string of the molecule is CCc1ccc(S(=O)(=O)N2CCN(CC(C)(C)O)CC2)s1. The number of hydrogen-bond donors (Lipinski definition) is 1. The highest BCUT2D eigenvalue weighted by Crippen LogP contribution is 2.26. The molecule has 0 aliphatic carbocycles. The van der Waals surface area contributed by atoms with Crippen LogP contribution in [0.3, 0.4) is 0 Å². The van der Waals surface area contributed by atoms with E-state index in [-0.39, 0.29) is 0 Å². The van der Waals surface area contributed by atoms with Gasteiger partial charge in [0.1, 0.15) is 4.21 Å². The predicted octanol–water partition coefficient (Wildman–Crippen LogP) is 1.39. The number of rotatable bonds is 5. The number of aliphatic hydroxyl groups is 1. The first-order valence-electron chi connectivity index (χ1n) is 7.26. The zero-order chi connectivity index (χ0) is 15.7. The largest absolute Gasteiger partial charge is 0.389 e. The molecule has 1 aliphatic heterocycles. The van der Waals surface area contributed by atoms with E-state index in [1.807, 2.05) is 13.0 Å². The Morgan fingerprint density at radius 1 is 1.24 bits per heavy atom. The van der Waals surface area contributed by atoms with Crippen LogP contribution in [-0.2, 0) is 16.4 Å². The lowest BCUT2D eigenvalue weighted by molar-refractivity contribution is 0.0263. The van der Waals surface area contributed by atoms with E-state index in [0.717, 1.165) is 11.3 Å². The van der Waals surface area contributed by atoms with Crippen molar-refractivity contribution in [2.45, 2.75) is 37.0 Å². The van der Waals surface area contributed by atoms with Crippen molar-refractivity contribution >= 4 is 21.4 Å². The Kier molecular flexibility index (Phi) is 5.10. The van der Waals surface area contributed by atoms with E-state index in [2.05, 4.69) is 4.90 Å². The van der Waals surface area contributed by atoms with Crippen LogP contribution in [-0.4, -0.2) is 61.1 Å². The summed E-state index contributed by atoms with van der Waals surface area (Å²) in [5.41, 5.74) is -0.745. The van der Waals surface area contributed by atoms with Gasteiger partial charge in [0.25, 0.3) is 10.0 Å². The summed E-state index contributed by atoms with van der Waals surface area (Å²) < 4.78 is 27.1. The van der Waals surface area contributed by atoms with E-state index in [0.29, 0.717) is 36.9 Å². The Balaban J connectivity index is 2.01. The molecule has 0 saturated carbocycles. The van der Waals surface area contributed by atoms with Crippen LogP contribution in [0, 0.1) is 0 Å². The van der Waals surface area contributed by atoms with Gasteiger partial charge in [-0.1, -0.05) is 6.92 Å². The van der Waals surface area contributed by atoms with Crippen LogP contribution < -0.4 is 0 Å². The zero-order valence-electron chi connectivity index (χ0n) is 12.9. The van der Waals surface area contributed by atoms with Crippen molar-refractivity contribution in [3.8, 4) is 0 Å². The average Bonchev–Trinajstić information content (AvgIpc) is 2.87. The van der Waals surface area contributed by atoms with Gasteiger partial charge in [-0.2, -0.15) is 4.31 Å². The highest BCUT2D eigenvalue weighted by atomic mass is 32.2. The predicted molar refractivity (Wildman–Crippen MR) is 85.2 cm³/mol. The van der Waals surface area contributed by atoms with Crippen molar-refractivity contribution in [1.82, 2.24) is 9.21 Å². The van der Waals surface area contributed by atoms with Crippen LogP contribution in [0.4, 0.5) is 0 Å². The van der Waals surface area contributed by atoms with Gasteiger partial charge in [0.2, 0.25) is 0 Å². The Morgan fingerprint density at radius 3 is 2.33 bits per heavy atom. The molecule has 2 heterocycles. The van der Waals surface area contributed by atoms with Gasteiger partial charge >= 0.3 is 0 Å². The molecule has 1 aliphatic rings. The summed E-state index contributed by atoms with van der Waals surface area (Å²) >= 11 is 1.36. The standard InChI is InChI=1S/C14H24N2O3S2/c1-4-12-5-6-13(20-12)21(18,19)16-9-7-15(8-10-16)11-14(2,3)17/h5-6,17H,4,7-11H2,1-3H3. The third-order valence-electron chi connectivity index (χ3n) is 3.52. The minimum atomic E-state index is -3.36. The summed E-state index contributed by atoms with van der Waals surface area (Å²) in [6, 6.07) is 3.60. The lowest BCUT2D eigenvalue weighted by Gasteiger charge is -2.36. The van der Waals surface area contributed by atoms with E-state index in [1.165, 1.54) is 11.3 Å². The molecule has 1 aromatic rings. The Morgan fingerprint density at radius 2 is 1.86 bits per heavy atom. The molecular formula is C14H24N2O3S2. The normalized spacial score (nSPS) is 19.0. The quantitative estimate of drug-likeness (QED) is 0.885. The summed E-state index contributed by atoms with van der Waals surface area (Å²) in [5, 5.41) is 9.83. The second kappa shape index (κ2) is 6.34. The molecule has 21 heavy (non-hydrogen) atoms. The summed E-state index contributed by atoms with van der Waals surface area (Å²) in [6.45, 7) is 8.43. The molecule has 7 heteroatoms. The average molecular weight is 332 g/mol. The minimum Gasteiger partial charge on any atom is -0.389 e. The lowest BCUT2D eigenvalue weighted by atomic mass is 10.1. The number of piperazine rings is 1. The highest BCUT2D eigenvalue weighted by molar-refractivity contribution is 7.91. The monoisotopic (exact) mass is 332 g/mol. The van der Waals surface area contributed by atoms with Crippen LogP contribution in [0.2, 0.25) is 0 Å². The van der Waals surface area contributed by atoms with Crippen molar-refractivity contribution in [2.24, 2.45) is 0 Å². The molecule has 0 bridgehead atoms. The molecule has 0 unspecified atom stereocenters. The molecule has 5 nitrogen and oxygen atoms in total. The van der Waals surface area contributed by atoms with Crippen molar-refractivity contribution in [3.63, 3.8) is 0 Å². The van der Waals surface area contributed by atoms with Crippen LogP contribution in [0.5, 0.6) is 0 Å². The van der Waals surface area contributed by atoms with Crippen molar-refractivity contribution in [3.05, 3.63) is 17.0 Å². The first kappa shape index (κ1) is 16.9. The molecule has 1 saturated heterocycles. The molecule has 1 aromatic heterocycles. The Labute approximate surface area is 131 Å². The Bertz CT molecular complexity index is 567. The smallest absolute Gasteiger partial charge is 0.252 e. The van der Waals surface area contributed by atoms with Crippen molar-refractivity contribution in [1.29, 1.82) is 0 Å². The molecule has 0 aromatic carbocycles. The lowest BCUT2D eigenvalue weighted by Crippen LogP contribution is -2.51. The first-order chi connectivity index (χ1) is 9.72. The van der Waals surface area contributed by atoms with Gasteiger partial charge in [-0.05, 0) is 32.4 Å². The summed E-state index contributed by atoms with van der Waals surface area (Å²) in [7, 11) is -3.36.